The molecular weight excluding hydrogens is 580 g/mol. The monoisotopic (exact) mass is 613 g/mol. The first-order valence-corrected chi connectivity index (χ1v) is 15.5. The number of phenolic OH excluding ortho intramolecular Hbond substituents is 1. The quantitative estimate of drug-likeness (QED) is 0.299. The number of terminal acetylenes is 1. The summed E-state index contributed by atoms with van der Waals surface area (Å²) in [5.41, 5.74) is 0.0837. The number of pyridine rings is 1. The molecule has 2 saturated carbocycles. The van der Waals surface area contributed by atoms with Crippen LogP contribution in [0.2, 0.25) is 0 Å². The average Bonchev–Trinajstić information content (AvgIpc) is 3.97. The lowest BCUT2D eigenvalue weighted by Crippen LogP contribution is -2.41. The van der Waals surface area contributed by atoms with Gasteiger partial charge in [0.05, 0.1) is 42.9 Å². The van der Waals surface area contributed by atoms with E-state index in [0.29, 0.717) is 36.3 Å². The van der Waals surface area contributed by atoms with Gasteiger partial charge in [-0.05, 0) is 49.3 Å². The SMILES string of the molecule is C#Cc1c(F)ccc2cc(O)cc(-c3ncc4c(N5CCCOC6CC65)nc(OCC5(CN6CCOCC6)CC5)nc4c3F)c12. The van der Waals surface area contributed by atoms with E-state index in [2.05, 4.69) is 25.7 Å². The van der Waals surface area contributed by atoms with Gasteiger partial charge < -0.3 is 24.2 Å². The molecule has 0 spiro atoms. The maximum Gasteiger partial charge on any atom is 0.319 e. The van der Waals surface area contributed by atoms with E-state index < -0.39 is 11.6 Å². The number of aromatic nitrogens is 3. The fraction of sp³-hybridized carbons (Fsp3) is 0.441. The molecular formula is C34H33F2N5O4. The summed E-state index contributed by atoms with van der Waals surface area (Å²) in [5, 5.41) is 11.7. The van der Waals surface area contributed by atoms with Crippen LogP contribution in [0.1, 0.15) is 31.2 Å². The molecule has 0 bridgehead atoms. The minimum atomic E-state index is -0.729. The van der Waals surface area contributed by atoms with Gasteiger partial charge in [0, 0.05) is 55.3 Å². The molecule has 4 heterocycles. The van der Waals surface area contributed by atoms with Crippen molar-refractivity contribution in [3.05, 3.63) is 47.7 Å². The number of rotatable bonds is 7. The van der Waals surface area contributed by atoms with E-state index >= 15 is 4.39 Å². The molecule has 4 aliphatic rings. The van der Waals surface area contributed by atoms with Gasteiger partial charge in [0.25, 0.3) is 0 Å². The number of ether oxygens (including phenoxy) is 3. The predicted octanol–water partition coefficient (Wildman–Crippen LogP) is 4.67. The molecule has 2 aliphatic carbocycles. The van der Waals surface area contributed by atoms with Crippen molar-refractivity contribution in [3.63, 3.8) is 0 Å². The molecule has 0 amide bonds. The van der Waals surface area contributed by atoms with Crippen molar-refractivity contribution < 1.29 is 28.1 Å². The van der Waals surface area contributed by atoms with E-state index in [-0.39, 0.29) is 57.0 Å². The maximum atomic E-state index is 16.8. The summed E-state index contributed by atoms with van der Waals surface area (Å²) in [4.78, 5) is 18.5. The molecule has 2 aliphatic heterocycles. The summed E-state index contributed by atoms with van der Waals surface area (Å²) in [5.74, 6) is 1.47. The van der Waals surface area contributed by atoms with E-state index in [9.17, 15) is 9.50 Å². The van der Waals surface area contributed by atoms with E-state index in [4.69, 9.17) is 25.6 Å². The fourth-order valence-electron chi connectivity index (χ4n) is 6.79. The van der Waals surface area contributed by atoms with Gasteiger partial charge >= 0.3 is 6.01 Å². The second-order valence-corrected chi connectivity index (χ2v) is 12.6. The van der Waals surface area contributed by atoms with Crippen molar-refractivity contribution in [2.75, 3.05) is 57.5 Å². The molecule has 2 aromatic carbocycles. The van der Waals surface area contributed by atoms with Crippen molar-refractivity contribution >= 4 is 27.5 Å². The molecule has 232 valence electrons. The smallest absolute Gasteiger partial charge is 0.319 e. The molecule has 0 radical (unpaired) electrons. The summed E-state index contributed by atoms with van der Waals surface area (Å²) >= 11 is 0. The first-order chi connectivity index (χ1) is 21.9. The Kier molecular flexibility index (Phi) is 6.97. The van der Waals surface area contributed by atoms with Gasteiger partial charge in [0.15, 0.2) is 5.82 Å². The molecule has 4 aromatic rings. The molecule has 2 aromatic heterocycles. The average molecular weight is 614 g/mol. The van der Waals surface area contributed by atoms with Gasteiger partial charge in [0.1, 0.15) is 28.6 Å². The van der Waals surface area contributed by atoms with Crippen LogP contribution in [0.4, 0.5) is 14.6 Å². The van der Waals surface area contributed by atoms with Gasteiger partial charge in [-0.15, -0.1) is 6.42 Å². The molecule has 4 fully saturated rings. The van der Waals surface area contributed by atoms with E-state index in [0.717, 1.165) is 58.5 Å². The van der Waals surface area contributed by atoms with Gasteiger partial charge in [-0.25, -0.2) is 8.78 Å². The number of halogens is 2. The summed E-state index contributed by atoms with van der Waals surface area (Å²) in [6.07, 6.45) is 11.1. The van der Waals surface area contributed by atoms with Crippen LogP contribution < -0.4 is 9.64 Å². The predicted molar refractivity (Wildman–Crippen MR) is 164 cm³/mol. The maximum absolute atomic E-state index is 16.8. The number of fused-ring (bicyclic) bond motifs is 3. The summed E-state index contributed by atoms with van der Waals surface area (Å²) in [6.45, 7) is 5.94. The van der Waals surface area contributed by atoms with Crippen LogP contribution in [0.25, 0.3) is 32.9 Å². The Hall–Kier alpha value is -4.11. The highest BCUT2D eigenvalue weighted by Crippen LogP contribution is 2.47. The van der Waals surface area contributed by atoms with Crippen LogP contribution in [0, 0.1) is 29.4 Å². The number of hydrogen-bond donors (Lipinski definition) is 1. The van der Waals surface area contributed by atoms with E-state index in [1.54, 1.807) is 6.20 Å². The van der Waals surface area contributed by atoms with Crippen molar-refractivity contribution in [2.24, 2.45) is 5.41 Å². The van der Waals surface area contributed by atoms with Crippen molar-refractivity contribution in [3.8, 4) is 35.4 Å². The molecule has 11 heteroatoms. The zero-order valence-corrected chi connectivity index (χ0v) is 24.8. The molecule has 2 atom stereocenters. The Labute approximate surface area is 259 Å². The van der Waals surface area contributed by atoms with Gasteiger partial charge in [-0.2, -0.15) is 9.97 Å². The summed E-state index contributed by atoms with van der Waals surface area (Å²) in [6, 6.07) is 5.77. The van der Waals surface area contributed by atoms with Crippen LogP contribution in [0.15, 0.2) is 30.5 Å². The second-order valence-electron chi connectivity index (χ2n) is 12.6. The van der Waals surface area contributed by atoms with Gasteiger partial charge in [-0.1, -0.05) is 12.0 Å². The number of benzene rings is 2. The molecule has 8 rings (SSSR count). The third kappa shape index (κ3) is 5.21. The Balaban J connectivity index is 1.23. The molecule has 1 N–H and O–H groups in total. The Bertz CT molecular complexity index is 1850. The van der Waals surface area contributed by atoms with Gasteiger partial charge in [0.2, 0.25) is 0 Å². The Morgan fingerprint density at radius 3 is 2.76 bits per heavy atom. The zero-order valence-electron chi connectivity index (χ0n) is 24.8. The zero-order chi connectivity index (χ0) is 30.7. The topological polar surface area (TPSA) is 93.1 Å². The molecule has 2 saturated heterocycles. The first-order valence-electron chi connectivity index (χ1n) is 15.5. The normalized spacial score (nSPS) is 22.6. The standard InChI is InChI=1S/C34H33F2N5O4/c1-2-22-25(35)5-4-20-14-21(42)15-23(28(20)22)30-29(36)31-24(17-37-30)32(41-8-3-11-44-27-16-26(27)41)39-33(38-31)45-19-34(6-7-34)18-40-9-12-43-13-10-40/h1,4-5,14-15,17,26-27,42H,3,6-13,16,18-19H2. The second kappa shape index (κ2) is 11.1. The summed E-state index contributed by atoms with van der Waals surface area (Å²) in [7, 11) is 0. The Morgan fingerprint density at radius 2 is 1.96 bits per heavy atom. The highest BCUT2D eigenvalue weighted by atomic mass is 19.1. The number of phenols is 1. The van der Waals surface area contributed by atoms with Crippen LogP contribution in [-0.2, 0) is 9.47 Å². The van der Waals surface area contributed by atoms with Gasteiger partial charge in [-0.3, -0.25) is 9.88 Å². The number of aromatic hydroxyl groups is 1. The van der Waals surface area contributed by atoms with E-state index in [1.165, 1.54) is 24.3 Å². The number of anilines is 1. The van der Waals surface area contributed by atoms with Crippen LogP contribution in [0.5, 0.6) is 11.8 Å². The fourth-order valence-corrected chi connectivity index (χ4v) is 6.79. The highest BCUT2D eigenvalue weighted by molar-refractivity contribution is 6.03. The van der Waals surface area contributed by atoms with Crippen LogP contribution >= 0.6 is 0 Å². The van der Waals surface area contributed by atoms with Crippen molar-refractivity contribution in [2.45, 2.75) is 37.8 Å². The van der Waals surface area contributed by atoms with E-state index in [1.807, 2.05) is 0 Å². The van der Waals surface area contributed by atoms with Crippen LogP contribution in [0.3, 0.4) is 0 Å². The lowest BCUT2D eigenvalue weighted by Gasteiger charge is -2.30. The van der Waals surface area contributed by atoms with Crippen molar-refractivity contribution in [1.82, 2.24) is 19.9 Å². The highest BCUT2D eigenvalue weighted by Gasteiger charge is 2.47. The third-order valence-electron chi connectivity index (χ3n) is 9.47. The lowest BCUT2D eigenvalue weighted by molar-refractivity contribution is 0.0231. The number of nitrogens with zero attached hydrogens (tertiary/aromatic N) is 5. The number of morpholine rings is 1. The largest absolute Gasteiger partial charge is 0.508 e. The first kappa shape index (κ1) is 28.4. The van der Waals surface area contributed by atoms with Crippen LogP contribution in [-0.4, -0.2) is 89.7 Å². The summed E-state index contributed by atoms with van der Waals surface area (Å²) < 4.78 is 49.3. The third-order valence-corrected chi connectivity index (χ3v) is 9.47. The minimum Gasteiger partial charge on any atom is -0.508 e. The molecule has 45 heavy (non-hydrogen) atoms. The molecule has 2 unspecified atom stereocenters. The number of hydrogen-bond acceptors (Lipinski definition) is 9. The lowest BCUT2D eigenvalue weighted by atomic mass is 9.96. The minimum absolute atomic E-state index is 0.00593. The Morgan fingerprint density at radius 1 is 1.11 bits per heavy atom. The molecule has 9 nitrogen and oxygen atoms in total. The van der Waals surface area contributed by atoms with Crippen molar-refractivity contribution in [1.29, 1.82) is 0 Å².